The molecule has 1 fully saturated rings. The van der Waals surface area contributed by atoms with E-state index >= 15 is 0 Å². The van der Waals surface area contributed by atoms with Crippen LogP contribution in [0.25, 0.3) is 0 Å². The summed E-state index contributed by atoms with van der Waals surface area (Å²) in [4.78, 5) is 0. The van der Waals surface area contributed by atoms with Gasteiger partial charge in [-0.2, -0.15) is 0 Å². The maximum absolute atomic E-state index is 5.31. The molecule has 2 unspecified atom stereocenters. The van der Waals surface area contributed by atoms with Crippen LogP contribution >= 0.6 is 0 Å². The van der Waals surface area contributed by atoms with Crippen LogP contribution in [-0.2, 0) is 9.47 Å². The van der Waals surface area contributed by atoms with Crippen molar-refractivity contribution in [3.8, 4) is 0 Å². The smallest absolute Gasteiger partial charge is 0.0834 e. The first-order valence-electron chi connectivity index (χ1n) is 3.56. The molecule has 0 aliphatic carbocycles. The molecule has 1 aliphatic heterocycles. The molecule has 0 amide bonds. The van der Waals surface area contributed by atoms with Crippen LogP contribution in [0.4, 0.5) is 0 Å². The first kappa shape index (κ1) is 7.03. The summed E-state index contributed by atoms with van der Waals surface area (Å²) in [5, 5.41) is 0. The molecule has 2 heteroatoms. The predicted octanol–water partition coefficient (Wildman–Crippen LogP) is 1.20. The van der Waals surface area contributed by atoms with Crippen LogP contribution in [0.15, 0.2) is 0 Å². The zero-order valence-corrected chi connectivity index (χ0v) is 6.09. The van der Waals surface area contributed by atoms with E-state index in [1.807, 2.05) is 6.92 Å². The lowest BCUT2D eigenvalue weighted by molar-refractivity contribution is 0.0646. The van der Waals surface area contributed by atoms with Crippen LogP contribution in [0.5, 0.6) is 0 Å². The van der Waals surface area contributed by atoms with Crippen LogP contribution in [0, 0.1) is 0 Å². The van der Waals surface area contributed by atoms with E-state index in [4.69, 9.17) is 9.47 Å². The molecule has 0 N–H and O–H groups in total. The summed E-state index contributed by atoms with van der Waals surface area (Å²) in [5.74, 6) is 0. The Bertz CT molecular complexity index is 79.0. The molecular formula is C7H14O2. The molecule has 54 valence electrons. The van der Waals surface area contributed by atoms with E-state index in [1.165, 1.54) is 0 Å². The second-order valence-corrected chi connectivity index (χ2v) is 2.46. The van der Waals surface area contributed by atoms with Crippen LogP contribution in [0.1, 0.15) is 20.3 Å². The molecule has 2 atom stereocenters. The molecule has 0 spiro atoms. The quantitative estimate of drug-likeness (QED) is 0.533. The standard InChI is InChI=1S/C7H14O2/c1-3-8-6(2)4-7-5-9-7/h6-7H,3-5H2,1-2H3. The van der Waals surface area contributed by atoms with Gasteiger partial charge in [0.2, 0.25) is 0 Å². The van der Waals surface area contributed by atoms with Gasteiger partial charge in [-0.15, -0.1) is 0 Å². The predicted molar refractivity (Wildman–Crippen MR) is 35.4 cm³/mol. The van der Waals surface area contributed by atoms with Crippen molar-refractivity contribution < 1.29 is 9.47 Å². The normalized spacial score (nSPS) is 28.0. The Morgan fingerprint density at radius 3 is 2.89 bits per heavy atom. The minimum atomic E-state index is 0.377. The zero-order valence-electron chi connectivity index (χ0n) is 6.09. The lowest BCUT2D eigenvalue weighted by atomic mass is 10.2. The zero-order chi connectivity index (χ0) is 6.69. The summed E-state index contributed by atoms with van der Waals surface area (Å²) in [6, 6.07) is 0. The van der Waals surface area contributed by atoms with Crippen LogP contribution in [0.3, 0.4) is 0 Å². The highest BCUT2D eigenvalue weighted by Gasteiger charge is 2.24. The number of rotatable bonds is 4. The summed E-state index contributed by atoms with van der Waals surface area (Å²) >= 11 is 0. The Hall–Kier alpha value is -0.0800. The Morgan fingerprint density at radius 1 is 1.78 bits per heavy atom. The van der Waals surface area contributed by atoms with Crippen molar-refractivity contribution in [2.24, 2.45) is 0 Å². The molecule has 1 heterocycles. The van der Waals surface area contributed by atoms with Crippen LogP contribution < -0.4 is 0 Å². The van der Waals surface area contributed by atoms with Gasteiger partial charge in [-0.1, -0.05) is 0 Å². The van der Waals surface area contributed by atoms with Crippen molar-refractivity contribution in [1.82, 2.24) is 0 Å². The molecule has 0 aromatic heterocycles. The summed E-state index contributed by atoms with van der Waals surface area (Å²) in [5.41, 5.74) is 0. The highest BCUT2D eigenvalue weighted by atomic mass is 16.6. The molecule has 1 saturated heterocycles. The molecule has 0 saturated carbocycles. The van der Waals surface area contributed by atoms with Crippen molar-refractivity contribution in [3.63, 3.8) is 0 Å². The van der Waals surface area contributed by atoms with E-state index < -0.39 is 0 Å². The fourth-order valence-corrected chi connectivity index (χ4v) is 0.927. The molecular weight excluding hydrogens is 116 g/mol. The van der Waals surface area contributed by atoms with Crippen LogP contribution in [0.2, 0.25) is 0 Å². The van der Waals surface area contributed by atoms with Gasteiger partial charge < -0.3 is 9.47 Å². The van der Waals surface area contributed by atoms with Gasteiger partial charge in [0.1, 0.15) is 0 Å². The summed E-state index contributed by atoms with van der Waals surface area (Å²) in [7, 11) is 0. The van der Waals surface area contributed by atoms with Gasteiger partial charge in [-0.25, -0.2) is 0 Å². The fraction of sp³-hybridized carbons (Fsp3) is 1.00. The van der Waals surface area contributed by atoms with Gasteiger partial charge in [0.05, 0.1) is 18.8 Å². The van der Waals surface area contributed by atoms with Gasteiger partial charge in [-0.3, -0.25) is 0 Å². The average molecular weight is 130 g/mol. The molecule has 0 bridgehead atoms. The van der Waals surface area contributed by atoms with E-state index in [0.717, 1.165) is 19.6 Å². The van der Waals surface area contributed by atoms with Gasteiger partial charge >= 0.3 is 0 Å². The number of ether oxygens (including phenoxy) is 2. The Balaban J connectivity index is 1.95. The van der Waals surface area contributed by atoms with Crippen molar-refractivity contribution in [2.75, 3.05) is 13.2 Å². The van der Waals surface area contributed by atoms with Crippen molar-refractivity contribution >= 4 is 0 Å². The average Bonchev–Trinajstić information content (AvgIpc) is 2.50. The summed E-state index contributed by atoms with van der Waals surface area (Å²) in [6.45, 7) is 5.86. The van der Waals surface area contributed by atoms with Gasteiger partial charge in [0.15, 0.2) is 0 Å². The molecule has 0 radical (unpaired) electrons. The lowest BCUT2D eigenvalue weighted by Gasteiger charge is -2.07. The van der Waals surface area contributed by atoms with E-state index in [-0.39, 0.29) is 0 Å². The van der Waals surface area contributed by atoms with Crippen LogP contribution in [-0.4, -0.2) is 25.4 Å². The second-order valence-electron chi connectivity index (χ2n) is 2.46. The van der Waals surface area contributed by atoms with Crippen molar-refractivity contribution in [1.29, 1.82) is 0 Å². The first-order chi connectivity index (χ1) is 4.33. The fourth-order valence-electron chi connectivity index (χ4n) is 0.927. The maximum atomic E-state index is 5.31. The van der Waals surface area contributed by atoms with Crippen molar-refractivity contribution in [3.05, 3.63) is 0 Å². The second kappa shape index (κ2) is 3.18. The maximum Gasteiger partial charge on any atom is 0.0834 e. The first-order valence-corrected chi connectivity index (χ1v) is 3.56. The highest BCUT2D eigenvalue weighted by Crippen LogP contribution is 2.16. The third kappa shape index (κ3) is 2.82. The molecule has 2 nitrogen and oxygen atoms in total. The molecule has 1 aliphatic rings. The van der Waals surface area contributed by atoms with E-state index in [1.54, 1.807) is 0 Å². The number of hydrogen-bond acceptors (Lipinski definition) is 2. The van der Waals surface area contributed by atoms with E-state index in [9.17, 15) is 0 Å². The Morgan fingerprint density at radius 2 is 2.44 bits per heavy atom. The SMILES string of the molecule is CCOC(C)CC1CO1. The highest BCUT2D eigenvalue weighted by molar-refractivity contribution is 4.71. The molecule has 0 aromatic carbocycles. The third-order valence-electron chi connectivity index (χ3n) is 1.45. The number of epoxide rings is 1. The Kier molecular flexibility index (Phi) is 2.49. The monoisotopic (exact) mass is 130 g/mol. The van der Waals surface area contributed by atoms with Crippen molar-refractivity contribution in [2.45, 2.75) is 32.5 Å². The largest absolute Gasteiger partial charge is 0.379 e. The minimum Gasteiger partial charge on any atom is -0.379 e. The lowest BCUT2D eigenvalue weighted by Crippen LogP contribution is -2.10. The van der Waals surface area contributed by atoms with Gasteiger partial charge in [-0.05, 0) is 13.8 Å². The van der Waals surface area contributed by atoms with E-state index in [2.05, 4.69) is 6.92 Å². The Labute approximate surface area is 56.2 Å². The topological polar surface area (TPSA) is 21.8 Å². The third-order valence-corrected chi connectivity index (χ3v) is 1.45. The van der Waals surface area contributed by atoms with Gasteiger partial charge in [0.25, 0.3) is 0 Å². The summed E-state index contributed by atoms with van der Waals surface area (Å²) in [6.07, 6.45) is 1.95. The van der Waals surface area contributed by atoms with Gasteiger partial charge in [0, 0.05) is 13.0 Å². The molecule has 9 heavy (non-hydrogen) atoms. The molecule has 1 rings (SSSR count). The minimum absolute atomic E-state index is 0.377. The number of hydrogen-bond donors (Lipinski definition) is 0. The van der Waals surface area contributed by atoms with E-state index in [0.29, 0.717) is 12.2 Å². The summed E-state index contributed by atoms with van der Waals surface area (Å²) < 4.78 is 10.4. The molecule has 0 aromatic rings.